The maximum absolute atomic E-state index is 10.4. The topological polar surface area (TPSA) is 107 Å². The monoisotopic (exact) mass is 183 g/mol. The average molecular weight is 183 g/mol. The molecule has 0 bridgehead atoms. The number of hydrogen-bond acceptors (Lipinski definition) is 4. The molecule has 11 heavy (non-hydrogen) atoms. The van der Waals surface area contributed by atoms with Crippen molar-refractivity contribution in [3.8, 4) is 0 Å². The first kappa shape index (κ1) is 10.8. The molecule has 0 aliphatic carbocycles. The molecule has 0 radical (unpaired) electrons. The molecule has 1 atom stereocenters. The molecule has 5 N–H and O–H groups in total. The molecule has 0 aliphatic heterocycles. The van der Waals surface area contributed by atoms with Crippen molar-refractivity contribution in [2.75, 3.05) is 20.3 Å². The number of hydrogen-bond donors (Lipinski definition) is 3. The molecule has 0 aromatic carbocycles. The van der Waals surface area contributed by atoms with E-state index in [0.717, 1.165) is 0 Å². The number of rotatable bonds is 5. The van der Waals surface area contributed by atoms with Crippen LogP contribution in [-0.2, 0) is 14.9 Å². The van der Waals surface area contributed by atoms with Gasteiger partial charge in [0.2, 0.25) is 0 Å². The second-order valence-corrected chi connectivity index (χ2v) is 3.38. The molecule has 0 amide bonds. The fourth-order valence-corrected chi connectivity index (χ4v) is 1.21. The van der Waals surface area contributed by atoms with Gasteiger partial charge in [-0.3, -0.25) is 0 Å². The Balaban J connectivity index is 3.88. The lowest BCUT2D eigenvalue weighted by Crippen LogP contribution is -2.45. The van der Waals surface area contributed by atoms with Gasteiger partial charge in [0.05, 0.1) is 12.6 Å². The molecular formula is C4H13N3O3S. The molecule has 0 aromatic rings. The van der Waals surface area contributed by atoms with Crippen LogP contribution in [0.5, 0.6) is 0 Å². The quantitative estimate of drug-likeness (QED) is 0.447. The number of methoxy groups -OCH3 is 1. The molecule has 0 aliphatic rings. The van der Waals surface area contributed by atoms with Crippen LogP contribution in [0.15, 0.2) is 0 Å². The van der Waals surface area contributed by atoms with E-state index in [2.05, 4.69) is 9.46 Å². The SMILES string of the molecule is COCC(CN)NS(N)(=O)=O. The van der Waals surface area contributed by atoms with Crippen LogP contribution in [0.4, 0.5) is 0 Å². The van der Waals surface area contributed by atoms with Crippen molar-refractivity contribution in [3.05, 3.63) is 0 Å². The summed E-state index contributed by atoms with van der Waals surface area (Å²) in [6.07, 6.45) is 0. The van der Waals surface area contributed by atoms with Gasteiger partial charge in [-0.2, -0.15) is 13.1 Å². The number of nitrogens with one attached hydrogen (secondary N) is 1. The summed E-state index contributed by atoms with van der Waals surface area (Å²) in [6, 6.07) is -0.449. The zero-order valence-electron chi connectivity index (χ0n) is 6.28. The molecule has 1 unspecified atom stereocenters. The van der Waals surface area contributed by atoms with Gasteiger partial charge in [-0.05, 0) is 0 Å². The minimum atomic E-state index is -3.67. The minimum absolute atomic E-state index is 0.157. The predicted molar refractivity (Wildman–Crippen MR) is 41.0 cm³/mol. The van der Waals surface area contributed by atoms with Crippen LogP contribution in [0.1, 0.15) is 0 Å². The van der Waals surface area contributed by atoms with E-state index in [9.17, 15) is 8.42 Å². The maximum Gasteiger partial charge on any atom is 0.274 e. The first-order valence-corrected chi connectivity index (χ1v) is 4.53. The van der Waals surface area contributed by atoms with Crippen LogP contribution in [0, 0.1) is 0 Å². The summed E-state index contributed by atoms with van der Waals surface area (Å²) in [5.41, 5.74) is 5.20. The van der Waals surface area contributed by atoms with E-state index in [1.807, 2.05) is 0 Å². The standard InChI is InChI=1S/C4H13N3O3S/c1-10-3-4(2-5)7-11(6,8)9/h4,7H,2-3,5H2,1H3,(H2,6,8,9). The average Bonchev–Trinajstić information content (AvgIpc) is 1.84. The Morgan fingerprint density at radius 2 is 2.18 bits per heavy atom. The van der Waals surface area contributed by atoms with Crippen molar-refractivity contribution in [1.29, 1.82) is 0 Å². The Kier molecular flexibility index (Phi) is 4.54. The summed E-state index contributed by atoms with van der Waals surface area (Å²) in [7, 11) is -2.22. The van der Waals surface area contributed by atoms with Crippen molar-refractivity contribution < 1.29 is 13.2 Å². The van der Waals surface area contributed by atoms with E-state index < -0.39 is 16.3 Å². The molecular weight excluding hydrogens is 170 g/mol. The third-order valence-corrected chi connectivity index (χ3v) is 1.65. The van der Waals surface area contributed by atoms with Crippen molar-refractivity contribution in [3.63, 3.8) is 0 Å². The molecule has 0 aromatic heterocycles. The van der Waals surface area contributed by atoms with Gasteiger partial charge in [0.1, 0.15) is 0 Å². The van der Waals surface area contributed by atoms with Gasteiger partial charge in [0.15, 0.2) is 0 Å². The fraction of sp³-hybridized carbons (Fsp3) is 1.00. The smallest absolute Gasteiger partial charge is 0.274 e. The second kappa shape index (κ2) is 4.62. The lowest BCUT2D eigenvalue weighted by atomic mass is 10.3. The highest BCUT2D eigenvalue weighted by atomic mass is 32.2. The minimum Gasteiger partial charge on any atom is -0.383 e. The van der Waals surface area contributed by atoms with Crippen LogP contribution < -0.4 is 15.6 Å². The van der Waals surface area contributed by atoms with Crippen LogP contribution in [0.3, 0.4) is 0 Å². The predicted octanol–water partition coefficient (Wildman–Crippen LogP) is -2.25. The largest absolute Gasteiger partial charge is 0.383 e. The first-order chi connectivity index (χ1) is 4.99. The molecule has 7 heteroatoms. The summed E-state index contributed by atoms with van der Waals surface area (Å²) in [5.74, 6) is 0. The summed E-state index contributed by atoms with van der Waals surface area (Å²) < 4.78 is 27.6. The van der Waals surface area contributed by atoms with E-state index >= 15 is 0 Å². The van der Waals surface area contributed by atoms with Gasteiger partial charge < -0.3 is 10.5 Å². The van der Waals surface area contributed by atoms with E-state index in [1.54, 1.807) is 0 Å². The highest BCUT2D eigenvalue weighted by Gasteiger charge is 2.11. The first-order valence-electron chi connectivity index (χ1n) is 2.98. The Bertz CT molecular complexity index is 191. The Labute approximate surface area is 66.1 Å². The molecule has 68 valence electrons. The Hall–Kier alpha value is -0.210. The van der Waals surface area contributed by atoms with E-state index in [4.69, 9.17) is 10.9 Å². The van der Waals surface area contributed by atoms with Crippen molar-refractivity contribution in [2.24, 2.45) is 10.9 Å². The summed E-state index contributed by atoms with van der Waals surface area (Å²) >= 11 is 0. The third-order valence-electron chi connectivity index (χ3n) is 0.983. The van der Waals surface area contributed by atoms with Gasteiger partial charge in [-0.25, -0.2) is 5.14 Å². The number of nitrogens with two attached hydrogens (primary N) is 2. The van der Waals surface area contributed by atoms with Crippen LogP contribution >= 0.6 is 0 Å². The molecule has 0 spiro atoms. The molecule has 6 nitrogen and oxygen atoms in total. The van der Waals surface area contributed by atoms with E-state index in [0.29, 0.717) is 0 Å². The van der Waals surface area contributed by atoms with E-state index in [1.165, 1.54) is 7.11 Å². The van der Waals surface area contributed by atoms with Crippen LogP contribution in [0.25, 0.3) is 0 Å². The van der Waals surface area contributed by atoms with Crippen LogP contribution in [-0.4, -0.2) is 34.7 Å². The second-order valence-electron chi connectivity index (χ2n) is 2.05. The van der Waals surface area contributed by atoms with Crippen molar-refractivity contribution in [1.82, 2.24) is 4.72 Å². The molecule has 0 heterocycles. The number of ether oxygens (including phenoxy) is 1. The highest BCUT2D eigenvalue weighted by molar-refractivity contribution is 7.87. The zero-order chi connectivity index (χ0) is 8.91. The zero-order valence-corrected chi connectivity index (χ0v) is 7.10. The Morgan fingerprint density at radius 3 is 2.45 bits per heavy atom. The Morgan fingerprint density at radius 1 is 1.64 bits per heavy atom. The molecule has 0 fully saturated rings. The molecule has 0 saturated carbocycles. The van der Waals surface area contributed by atoms with Gasteiger partial charge in [-0.15, -0.1) is 0 Å². The van der Waals surface area contributed by atoms with Crippen LogP contribution in [0.2, 0.25) is 0 Å². The molecule has 0 saturated heterocycles. The molecule has 0 rings (SSSR count). The van der Waals surface area contributed by atoms with Gasteiger partial charge in [0.25, 0.3) is 10.2 Å². The van der Waals surface area contributed by atoms with Gasteiger partial charge in [0, 0.05) is 13.7 Å². The lowest BCUT2D eigenvalue weighted by molar-refractivity contribution is 0.177. The van der Waals surface area contributed by atoms with Gasteiger partial charge >= 0.3 is 0 Å². The van der Waals surface area contributed by atoms with Gasteiger partial charge in [-0.1, -0.05) is 0 Å². The summed E-state index contributed by atoms with van der Waals surface area (Å²) in [4.78, 5) is 0. The maximum atomic E-state index is 10.4. The highest BCUT2D eigenvalue weighted by Crippen LogP contribution is 1.82. The lowest BCUT2D eigenvalue weighted by Gasteiger charge is -2.12. The van der Waals surface area contributed by atoms with Crippen molar-refractivity contribution >= 4 is 10.2 Å². The fourth-order valence-electron chi connectivity index (χ4n) is 0.584. The third kappa shape index (κ3) is 6.20. The summed E-state index contributed by atoms with van der Waals surface area (Å²) in [6.45, 7) is 0.372. The van der Waals surface area contributed by atoms with E-state index in [-0.39, 0.29) is 13.2 Å². The summed E-state index contributed by atoms with van der Waals surface area (Å²) in [5, 5.41) is 4.69. The van der Waals surface area contributed by atoms with Crippen molar-refractivity contribution in [2.45, 2.75) is 6.04 Å². The normalized spacial score (nSPS) is 14.8.